The normalized spacial score (nSPS) is 11.4. The van der Waals surface area contributed by atoms with Crippen LogP contribution in [0.2, 0.25) is 0 Å². The standard InChI is InChI=1S/C22H26N3.C7H8O3S/c1-4-24(5-2)20-15-12-19(13-16-20)23-17-21-14-11-18-9-7-8-10-22(18)25(21)6-3;1-6-2-4-7(5-3-6)11(8,9)10/h7-17H,4-6H2,1-3H3;2-5H,1H3,(H,8,9,10)/q+1;. The SMILES string of the molecule is CCN(CC)c1ccc(N=Cc2ccc3ccccc3[n+]2CC)cc1.Cc1ccc(S(=O)(=O)O)cc1. The van der Waals surface area contributed by atoms with E-state index in [0.29, 0.717) is 0 Å². The van der Waals surface area contributed by atoms with Crippen molar-refractivity contribution in [3.8, 4) is 0 Å². The Morgan fingerprint density at radius 1 is 0.861 bits per heavy atom. The number of aliphatic imine (C=N–C) groups is 1. The number of nitrogens with zero attached hydrogens (tertiary/aromatic N) is 3. The molecule has 0 spiro atoms. The maximum Gasteiger partial charge on any atom is 0.294 e. The molecule has 0 aliphatic carbocycles. The highest BCUT2D eigenvalue weighted by Gasteiger charge is 2.11. The molecule has 1 N–H and O–H groups in total. The van der Waals surface area contributed by atoms with E-state index in [1.807, 2.05) is 13.1 Å². The Bertz CT molecular complexity index is 1410. The van der Waals surface area contributed by atoms with Crippen LogP contribution in [-0.2, 0) is 16.7 Å². The molecule has 0 fully saturated rings. The van der Waals surface area contributed by atoms with Gasteiger partial charge in [-0.15, -0.1) is 0 Å². The summed E-state index contributed by atoms with van der Waals surface area (Å²) < 4.78 is 31.8. The van der Waals surface area contributed by atoms with Gasteiger partial charge in [0.2, 0.25) is 11.2 Å². The lowest BCUT2D eigenvalue weighted by Gasteiger charge is -2.20. The summed E-state index contributed by atoms with van der Waals surface area (Å²) in [5, 5.41) is 1.25. The van der Waals surface area contributed by atoms with Crippen LogP contribution >= 0.6 is 0 Å². The Kier molecular flexibility index (Phi) is 9.33. The zero-order valence-corrected chi connectivity index (χ0v) is 22.1. The molecule has 1 heterocycles. The third-order valence-corrected chi connectivity index (χ3v) is 6.80. The maximum atomic E-state index is 10.5. The Morgan fingerprint density at radius 3 is 2.08 bits per heavy atom. The van der Waals surface area contributed by atoms with Crippen molar-refractivity contribution in [3.63, 3.8) is 0 Å². The van der Waals surface area contributed by atoms with Crippen LogP contribution in [0, 0.1) is 6.92 Å². The summed E-state index contributed by atoms with van der Waals surface area (Å²) in [6, 6.07) is 27.2. The second-order valence-electron chi connectivity index (χ2n) is 8.30. The van der Waals surface area contributed by atoms with Gasteiger partial charge in [0.25, 0.3) is 10.1 Å². The number of benzene rings is 3. The van der Waals surface area contributed by atoms with Gasteiger partial charge in [0.1, 0.15) is 6.54 Å². The third-order valence-electron chi connectivity index (χ3n) is 5.93. The molecule has 0 saturated carbocycles. The molecular weight excluding hydrogens is 470 g/mol. The van der Waals surface area contributed by atoms with Gasteiger partial charge in [0.05, 0.1) is 16.8 Å². The number of hydrogen-bond donors (Lipinski definition) is 1. The summed E-state index contributed by atoms with van der Waals surface area (Å²) in [5.41, 5.74) is 5.54. The van der Waals surface area contributed by atoms with E-state index in [1.54, 1.807) is 12.1 Å². The molecule has 3 aromatic carbocycles. The van der Waals surface area contributed by atoms with Gasteiger partial charge in [-0.1, -0.05) is 29.8 Å². The minimum absolute atomic E-state index is 0.0666. The van der Waals surface area contributed by atoms with E-state index in [4.69, 9.17) is 4.55 Å². The largest absolute Gasteiger partial charge is 0.372 e. The lowest BCUT2D eigenvalue weighted by molar-refractivity contribution is -0.668. The molecule has 7 heteroatoms. The van der Waals surface area contributed by atoms with Crippen molar-refractivity contribution in [3.05, 3.63) is 96.2 Å². The zero-order valence-electron chi connectivity index (χ0n) is 21.3. The van der Waals surface area contributed by atoms with Crippen molar-refractivity contribution in [2.24, 2.45) is 4.99 Å². The summed E-state index contributed by atoms with van der Waals surface area (Å²) >= 11 is 0. The average Bonchev–Trinajstić information content (AvgIpc) is 2.88. The minimum atomic E-state index is -4.02. The first-order valence-corrected chi connectivity index (χ1v) is 13.6. The molecule has 0 bridgehead atoms. The Balaban J connectivity index is 0.000000275. The Morgan fingerprint density at radius 2 is 1.50 bits per heavy atom. The fraction of sp³-hybridized carbons (Fsp3) is 0.241. The number of anilines is 1. The van der Waals surface area contributed by atoms with Crippen molar-refractivity contribution >= 4 is 38.6 Å². The predicted molar refractivity (Wildman–Crippen MR) is 148 cm³/mol. The molecule has 0 atom stereocenters. The van der Waals surface area contributed by atoms with Crippen LogP contribution in [0.1, 0.15) is 32.0 Å². The third kappa shape index (κ3) is 6.99. The molecule has 6 nitrogen and oxygen atoms in total. The predicted octanol–water partition coefficient (Wildman–Crippen LogP) is 5.99. The van der Waals surface area contributed by atoms with Crippen molar-refractivity contribution in [1.29, 1.82) is 0 Å². The number of aromatic nitrogens is 1. The van der Waals surface area contributed by atoms with E-state index in [0.717, 1.165) is 36.6 Å². The molecule has 0 aliphatic heterocycles. The highest BCUT2D eigenvalue weighted by atomic mass is 32.2. The minimum Gasteiger partial charge on any atom is -0.372 e. The van der Waals surface area contributed by atoms with E-state index >= 15 is 0 Å². The number of para-hydroxylation sites is 1. The molecule has 4 rings (SSSR count). The van der Waals surface area contributed by atoms with Crippen LogP contribution in [0.5, 0.6) is 0 Å². The molecule has 36 heavy (non-hydrogen) atoms. The fourth-order valence-electron chi connectivity index (χ4n) is 3.93. The molecule has 0 saturated heterocycles. The number of fused-ring (bicyclic) bond motifs is 1. The smallest absolute Gasteiger partial charge is 0.294 e. The second kappa shape index (κ2) is 12.4. The van der Waals surface area contributed by atoms with Crippen LogP contribution < -0.4 is 9.47 Å². The van der Waals surface area contributed by atoms with E-state index < -0.39 is 10.1 Å². The van der Waals surface area contributed by atoms with Gasteiger partial charge < -0.3 is 4.90 Å². The maximum absolute atomic E-state index is 10.5. The van der Waals surface area contributed by atoms with Crippen LogP contribution in [0.15, 0.2) is 94.8 Å². The van der Waals surface area contributed by atoms with Gasteiger partial charge in [-0.3, -0.25) is 4.55 Å². The van der Waals surface area contributed by atoms with Gasteiger partial charge in [0, 0.05) is 36.3 Å². The van der Waals surface area contributed by atoms with Crippen LogP contribution in [-0.4, -0.2) is 32.3 Å². The topological polar surface area (TPSA) is 73.8 Å². The van der Waals surface area contributed by atoms with E-state index in [2.05, 4.69) is 95.9 Å². The van der Waals surface area contributed by atoms with E-state index in [1.165, 1.54) is 28.7 Å². The first kappa shape index (κ1) is 27.0. The average molecular weight is 505 g/mol. The molecule has 188 valence electrons. The quantitative estimate of drug-likeness (QED) is 0.191. The first-order valence-electron chi connectivity index (χ1n) is 12.1. The molecule has 4 aromatic rings. The lowest BCUT2D eigenvalue weighted by Crippen LogP contribution is -2.38. The number of aryl methyl sites for hydroxylation is 2. The fourth-order valence-corrected chi connectivity index (χ4v) is 4.41. The van der Waals surface area contributed by atoms with Crippen molar-refractivity contribution in [1.82, 2.24) is 0 Å². The second-order valence-corrected chi connectivity index (χ2v) is 9.72. The van der Waals surface area contributed by atoms with Gasteiger partial charge in [0.15, 0.2) is 0 Å². The summed E-state index contributed by atoms with van der Waals surface area (Å²) in [6.45, 7) is 11.3. The summed E-state index contributed by atoms with van der Waals surface area (Å²) in [4.78, 5) is 6.95. The van der Waals surface area contributed by atoms with Gasteiger partial charge in [-0.05, 0) is 76.2 Å². The first-order chi connectivity index (χ1) is 17.3. The monoisotopic (exact) mass is 504 g/mol. The van der Waals surface area contributed by atoms with Gasteiger partial charge in [-0.2, -0.15) is 13.0 Å². The molecule has 0 radical (unpaired) electrons. The Labute approximate surface area is 214 Å². The Hall–Kier alpha value is -3.55. The van der Waals surface area contributed by atoms with E-state index in [-0.39, 0.29) is 4.90 Å². The molecule has 0 aliphatic rings. The number of rotatable bonds is 7. The molecule has 1 aromatic heterocycles. The van der Waals surface area contributed by atoms with Crippen LogP contribution in [0.25, 0.3) is 10.9 Å². The van der Waals surface area contributed by atoms with Crippen molar-refractivity contribution in [2.45, 2.75) is 39.1 Å². The van der Waals surface area contributed by atoms with Crippen LogP contribution in [0.4, 0.5) is 11.4 Å². The highest BCUT2D eigenvalue weighted by Crippen LogP contribution is 2.20. The van der Waals surface area contributed by atoms with Crippen molar-refractivity contribution in [2.75, 3.05) is 18.0 Å². The summed E-state index contributed by atoms with van der Waals surface area (Å²) in [6.07, 6.45) is 1.96. The van der Waals surface area contributed by atoms with Gasteiger partial charge >= 0.3 is 0 Å². The van der Waals surface area contributed by atoms with Gasteiger partial charge in [-0.25, -0.2) is 4.99 Å². The molecule has 0 amide bonds. The zero-order chi connectivity index (χ0) is 26.1. The summed E-state index contributed by atoms with van der Waals surface area (Å²) in [5.74, 6) is 0. The number of pyridine rings is 1. The van der Waals surface area contributed by atoms with E-state index in [9.17, 15) is 8.42 Å². The molecular formula is C29H34N3O3S+. The highest BCUT2D eigenvalue weighted by molar-refractivity contribution is 7.85. The number of hydrogen-bond acceptors (Lipinski definition) is 4. The van der Waals surface area contributed by atoms with Crippen molar-refractivity contribution < 1.29 is 17.5 Å². The lowest BCUT2D eigenvalue weighted by atomic mass is 10.2. The summed E-state index contributed by atoms with van der Waals surface area (Å²) in [7, 11) is -4.02. The van der Waals surface area contributed by atoms with Crippen LogP contribution in [0.3, 0.4) is 0 Å². The molecule has 0 unspecified atom stereocenters.